The van der Waals surface area contributed by atoms with Crippen LogP contribution >= 0.6 is 0 Å². The number of hydrogen-bond acceptors (Lipinski definition) is 5. The predicted octanol–water partition coefficient (Wildman–Crippen LogP) is 3.52. The van der Waals surface area contributed by atoms with E-state index in [1.807, 2.05) is 25.1 Å². The van der Waals surface area contributed by atoms with Gasteiger partial charge in [-0.3, -0.25) is 0 Å². The Kier molecular flexibility index (Phi) is 3.92. The molecule has 2 aromatic carbocycles. The van der Waals surface area contributed by atoms with Gasteiger partial charge >= 0.3 is 0 Å². The number of nitrogens with zero attached hydrogens (tertiary/aromatic N) is 3. The van der Waals surface area contributed by atoms with Crippen LogP contribution in [0.5, 0.6) is 11.5 Å². The molecule has 0 N–H and O–H groups in total. The first-order chi connectivity index (χ1) is 12.2. The van der Waals surface area contributed by atoms with E-state index in [1.54, 1.807) is 14.2 Å². The van der Waals surface area contributed by atoms with Crippen LogP contribution in [0.4, 0.5) is 5.95 Å². The molecule has 25 heavy (non-hydrogen) atoms. The van der Waals surface area contributed by atoms with Crippen LogP contribution in [0.2, 0.25) is 0 Å². The van der Waals surface area contributed by atoms with Crippen LogP contribution < -0.4 is 14.4 Å². The van der Waals surface area contributed by atoms with Crippen LogP contribution in [0.3, 0.4) is 0 Å². The van der Waals surface area contributed by atoms with Gasteiger partial charge in [-0.2, -0.15) is 0 Å². The smallest absolute Gasteiger partial charge is 0.226 e. The molecular weight excluding hydrogens is 314 g/mol. The van der Waals surface area contributed by atoms with Gasteiger partial charge in [-0.25, -0.2) is 9.97 Å². The molecule has 0 aliphatic carbocycles. The molecule has 3 aromatic rings. The van der Waals surface area contributed by atoms with E-state index < -0.39 is 0 Å². The normalized spacial score (nSPS) is 13.6. The second-order valence-electron chi connectivity index (χ2n) is 6.27. The Morgan fingerprint density at radius 2 is 1.68 bits per heavy atom. The average molecular weight is 335 g/mol. The van der Waals surface area contributed by atoms with Gasteiger partial charge < -0.3 is 14.4 Å². The number of hydrogen-bond donors (Lipinski definition) is 0. The third-order valence-electron chi connectivity index (χ3n) is 4.78. The number of anilines is 1. The lowest BCUT2D eigenvalue weighted by molar-refractivity contribution is 0.353. The molecule has 0 atom stereocenters. The molecule has 1 aliphatic rings. The summed E-state index contributed by atoms with van der Waals surface area (Å²) in [4.78, 5) is 11.7. The zero-order valence-electron chi connectivity index (χ0n) is 14.7. The fourth-order valence-corrected chi connectivity index (χ4v) is 3.42. The van der Waals surface area contributed by atoms with Crippen molar-refractivity contribution in [2.24, 2.45) is 0 Å². The number of methoxy groups -OCH3 is 2. The second-order valence-corrected chi connectivity index (χ2v) is 6.27. The zero-order valence-corrected chi connectivity index (χ0v) is 14.7. The minimum absolute atomic E-state index is 0.763. The summed E-state index contributed by atoms with van der Waals surface area (Å²) in [6, 6.07) is 12.3. The van der Waals surface area contributed by atoms with Crippen molar-refractivity contribution in [2.75, 3.05) is 25.7 Å². The third kappa shape index (κ3) is 2.76. The van der Waals surface area contributed by atoms with Crippen LogP contribution in [-0.4, -0.2) is 30.7 Å². The van der Waals surface area contributed by atoms with Gasteiger partial charge in [0, 0.05) is 18.5 Å². The Labute approximate surface area is 147 Å². The molecule has 0 saturated carbocycles. The highest BCUT2D eigenvalue weighted by Gasteiger charge is 2.21. The summed E-state index contributed by atoms with van der Waals surface area (Å²) in [5.74, 6) is 2.34. The van der Waals surface area contributed by atoms with E-state index in [0.29, 0.717) is 0 Å². The van der Waals surface area contributed by atoms with E-state index in [4.69, 9.17) is 19.4 Å². The van der Waals surface area contributed by atoms with E-state index in [0.717, 1.165) is 53.6 Å². The summed E-state index contributed by atoms with van der Waals surface area (Å²) in [6.07, 6.45) is 0.935. The number of ether oxygens (including phenoxy) is 2. The summed E-state index contributed by atoms with van der Waals surface area (Å²) in [7, 11) is 3.34. The minimum Gasteiger partial charge on any atom is -0.493 e. The van der Waals surface area contributed by atoms with Crippen molar-refractivity contribution >= 4 is 16.9 Å². The number of benzene rings is 2. The van der Waals surface area contributed by atoms with E-state index in [2.05, 4.69) is 23.1 Å². The second kappa shape index (κ2) is 6.24. The zero-order chi connectivity index (χ0) is 17.4. The Balaban J connectivity index is 1.70. The standard InChI is InChI=1S/C20H21N3O2/c1-13-16-6-4-5-7-17(16)22-20(21-13)23-9-8-14-10-18(24-2)19(25-3)11-15(14)12-23/h4-7,10-11H,8-9,12H2,1-3H3. The summed E-state index contributed by atoms with van der Waals surface area (Å²) in [5.41, 5.74) is 4.53. The van der Waals surface area contributed by atoms with Crippen molar-refractivity contribution < 1.29 is 9.47 Å². The fraction of sp³-hybridized carbons (Fsp3) is 0.300. The molecule has 4 rings (SSSR count). The van der Waals surface area contributed by atoms with Crippen molar-refractivity contribution in [1.82, 2.24) is 9.97 Å². The van der Waals surface area contributed by atoms with E-state index in [9.17, 15) is 0 Å². The van der Waals surface area contributed by atoms with Crippen LogP contribution in [0, 0.1) is 6.92 Å². The maximum atomic E-state index is 5.45. The Hall–Kier alpha value is -2.82. The third-order valence-corrected chi connectivity index (χ3v) is 4.78. The Morgan fingerprint density at radius 1 is 0.960 bits per heavy atom. The quantitative estimate of drug-likeness (QED) is 0.733. The first-order valence-corrected chi connectivity index (χ1v) is 8.41. The first kappa shape index (κ1) is 15.7. The topological polar surface area (TPSA) is 47.5 Å². The lowest BCUT2D eigenvalue weighted by Crippen LogP contribution is -2.32. The van der Waals surface area contributed by atoms with Gasteiger partial charge in [0.05, 0.1) is 25.4 Å². The van der Waals surface area contributed by atoms with Crippen molar-refractivity contribution in [1.29, 1.82) is 0 Å². The highest BCUT2D eigenvalue weighted by molar-refractivity contribution is 5.81. The van der Waals surface area contributed by atoms with Crippen molar-refractivity contribution in [3.8, 4) is 11.5 Å². The molecule has 0 bridgehead atoms. The number of para-hydroxylation sites is 1. The highest BCUT2D eigenvalue weighted by Crippen LogP contribution is 2.34. The van der Waals surface area contributed by atoms with Crippen LogP contribution in [0.15, 0.2) is 36.4 Å². The van der Waals surface area contributed by atoms with Gasteiger partial charge in [0.1, 0.15) is 0 Å². The maximum Gasteiger partial charge on any atom is 0.226 e. The summed E-state index contributed by atoms with van der Waals surface area (Å²) < 4.78 is 10.9. The lowest BCUT2D eigenvalue weighted by Gasteiger charge is -2.30. The SMILES string of the molecule is COc1cc2c(cc1OC)CN(c1nc(C)c3ccccc3n1)CC2. The van der Waals surface area contributed by atoms with E-state index in [1.165, 1.54) is 11.1 Å². The van der Waals surface area contributed by atoms with Crippen LogP contribution in [0.25, 0.3) is 10.9 Å². The maximum absolute atomic E-state index is 5.45. The average Bonchev–Trinajstić information content (AvgIpc) is 2.66. The fourth-order valence-electron chi connectivity index (χ4n) is 3.42. The van der Waals surface area contributed by atoms with Gasteiger partial charge in [-0.15, -0.1) is 0 Å². The molecule has 0 fully saturated rings. The molecule has 0 radical (unpaired) electrons. The molecule has 5 heteroatoms. The summed E-state index contributed by atoms with van der Waals surface area (Å²) in [6.45, 7) is 3.70. The van der Waals surface area contributed by atoms with Crippen molar-refractivity contribution in [3.63, 3.8) is 0 Å². The molecule has 0 saturated heterocycles. The van der Waals surface area contributed by atoms with Crippen molar-refractivity contribution in [3.05, 3.63) is 53.2 Å². The Morgan fingerprint density at radius 3 is 2.44 bits per heavy atom. The van der Waals surface area contributed by atoms with Gasteiger partial charge in [0.15, 0.2) is 11.5 Å². The molecule has 5 nitrogen and oxygen atoms in total. The lowest BCUT2D eigenvalue weighted by atomic mass is 9.99. The van der Waals surface area contributed by atoms with Gasteiger partial charge in [0.25, 0.3) is 0 Å². The largest absolute Gasteiger partial charge is 0.493 e. The van der Waals surface area contributed by atoms with Gasteiger partial charge in [-0.1, -0.05) is 18.2 Å². The van der Waals surface area contributed by atoms with Crippen molar-refractivity contribution in [2.45, 2.75) is 19.9 Å². The Bertz CT molecular complexity index is 940. The summed E-state index contributed by atoms with van der Waals surface area (Å²) in [5, 5.41) is 1.11. The number of fused-ring (bicyclic) bond motifs is 2. The number of aromatic nitrogens is 2. The first-order valence-electron chi connectivity index (χ1n) is 8.41. The highest BCUT2D eigenvalue weighted by atomic mass is 16.5. The molecule has 2 heterocycles. The van der Waals surface area contributed by atoms with Crippen LogP contribution in [0.1, 0.15) is 16.8 Å². The molecular formula is C20H21N3O2. The summed E-state index contributed by atoms with van der Waals surface area (Å²) >= 11 is 0. The predicted molar refractivity (Wildman–Crippen MR) is 98.6 cm³/mol. The number of rotatable bonds is 3. The number of aryl methyl sites for hydroxylation is 1. The van der Waals surface area contributed by atoms with Crippen LogP contribution in [-0.2, 0) is 13.0 Å². The van der Waals surface area contributed by atoms with E-state index in [-0.39, 0.29) is 0 Å². The van der Waals surface area contributed by atoms with E-state index >= 15 is 0 Å². The van der Waals surface area contributed by atoms with Gasteiger partial charge in [-0.05, 0) is 42.7 Å². The monoisotopic (exact) mass is 335 g/mol. The molecule has 1 aromatic heterocycles. The molecule has 1 aliphatic heterocycles. The van der Waals surface area contributed by atoms with Gasteiger partial charge in [0.2, 0.25) is 5.95 Å². The minimum atomic E-state index is 0.763. The molecule has 0 spiro atoms. The molecule has 0 unspecified atom stereocenters. The molecule has 128 valence electrons. The molecule has 0 amide bonds.